The zero-order valence-electron chi connectivity index (χ0n) is 8.71. The first kappa shape index (κ1) is 11.6. The SMILES string of the molecule is NCc1ccn(-c2ccc(Cl)c([N+](=O)[O-])c2)n1. The van der Waals surface area contributed by atoms with Crippen LogP contribution in [0.5, 0.6) is 0 Å². The fourth-order valence-electron chi connectivity index (χ4n) is 1.40. The van der Waals surface area contributed by atoms with E-state index in [4.69, 9.17) is 17.3 Å². The van der Waals surface area contributed by atoms with Crippen molar-refractivity contribution in [1.82, 2.24) is 9.78 Å². The van der Waals surface area contributed by atoms with E-state index in [1.54, 1.807) is 18.3 Å². The summed E-state index contributed by atoms with van der Waals surface area (Å²) in [7, 11) is 0. The molecular formula is C10H9ClN4O2. The van der Waals surface area contributed by atoms with Crippen molar-refractivity contribution >= 4 is 17.3 Å². The summed E-state index contributed by atoms with van der Waals surface area (Å²) < 4.78 is 1.52. The Morgan fingerprint density at radius 3 is 2.82 bits per heavy atom. The van der Waals surface area contributed by atoms with Crippen LogP contribution < -0.4 is 5.73 Å². The Hall–Kier alpha value is -1.92. The maximum Gasteiger partial charge on any atom is 0.290 e. The van der Waals surface area contributed by atoms with Gasteiger partial charge in [-0.2, -0.15) is 5.10 Å². The first-order chi connectivity index (χ1) is 8.11. The first-order valence-corrected chi connectivity index (χ1v) is 5.18. The average Bonchev–Trinajstić information content (AvgIpc) is 2.78. The molecule has 0 unspecified atom stereocenters. The second-order valence-corrected chi connectivity index (χ2v) is 3.76. The Morgan fingerprint density at radius 2 is 2.24 bits per heavy atom. The van der Waals surface area contributed by atoms with Gasteiger partial charge in [-0.05, 0) is 18.2 Å². The van der Waals surface area contributed by atoms with Gasteiger partial charge in [0.15, 0.2) is 0 Å². The molecule has 7 heteroatoms. The van der Waals surface area contributed by atoms with E-state index in [2.05, 4.69) is 5.10 Å². The Kier molecular flexibility index (Phi) is 3.08. The van der Waals surface area contributed by atoms with Gasteiger partial charge in [0.1, 0.15) is 5.02 Å². The van der Waals surface area contributed by atoms with Crippen molar-refractivity contribution in [2.45, 2.75) is 6.54 Å². The monoisotopic (exact) mass is 252 g/mol. The molecule has 2 rings (SSSR count). The van der Waals surface area contributed by atoms with Crippen molar-refractivity contribution in [3.8, 4) is 5.69 Å². The number of nitro benzene ring substituents is 1. The van der Waals surface area contributed by atoms with Crippen molar-refractivity contribution in [3.63, 3.8) is 0 Å². The van der Waals surface area contributed by atoms with Crippen molar-refractivity contribution in [1.29, 1.82) is 0 Å². The molecule has 0 amide bonds. The normalized spacial score (nSPS) is 10.5. The average molecular weight is 253 g/mol. The molecule has 2 aromatic rings. The van der Waals surface area contributed by atoms with Crippen LogP contribution in [0.15, 0.2) is 30.5 Å². The van der Waals surface area contributed by atoms with E-state index in [1.165, 1.54) is 16.8 Å². The number of benzene rings is 1. The van der Waals surface area contributed by atoms with Gasteiger partial charge in [-0.1, -0.05) is 11.6 Å². The molecule has 0 aliphatic heterocycles. The van der Waals surface area contributed by atoms with Crippen LogP contribution in [-0.4, -0.2) is 14.7 Å². The van der Waals surface area contributed by atoms with Gasteiger partial charge >= 0.3 is 0 Å². The molecule has 0 radical (unpaired) electrons. The summed E-state index contributed by atoms with van der Waals surface area (Å²) in [6.07, 6.45) is 1.69. The van der Waals surface area contributed by atoms with Crippen LogP contribution in [0.2, 0.25) is 5.02 Å². The summed E-state index contributed by atoms with van der Waals surface area (Å²) >= 11 is 5.72. The molecule has 6 nitrogen and oxygen atoms in total. The van der Waals surface area contributed by atoms with Gasteiger partial charge < -0.3 is 5.73 Å². The molecule has 0 bridgehead atoms. The number of nitro groups is 1. The minimum Gasteiger partial charge on any atom is -0.325 e. The van der Waals surface area contributed by atoms with Gasteiger partial charge in [-0.25, -0.2) is 4.68 Å². The van der Waals surface area contributed by atoms with Crippen LogP contribution in [-0.2, 0) is 6.54 Å². The standard InChI is InChI=1S/C10H9ClN4O2/c11-9-2-1-8(5-10(9)15(16)17)14-4-3-7(6-12)13-14/h1-5H,6,12H2. The van der Waals surface area contributed by atoms with Crippen LogP contribution in [0, 0.1) is 10.1 Å². The predicted octanol–water partition coefficient (Wildman–Crippen LogP) is 1.89. The molecule has 0 atom stereocenters. The highest BCUT2D eigenvalue weighted by Crippen LogP contribution is 2.26. The third-order valence-corrected chi connectivity index (χ3v) is 2.56. The molecule has 1 heterocycles. The van der Waals surface area contributed by atoms with E-state index in [0.717, 1.165) is 0 Å². The number of aromatic nitrogens is 2. The quantitative estimate of drug-likeness (QED) is 0.667. The summed E-state index contributed by atoms with van der Waals surface area (Å²) in [4.78, 5) is 10.2. The first-order valence-electron chi connectivity index (χ1n) is 4.80. The number of nitrogens with two attached hydrogens (primary N) is 1. The third-order valence-electron chi connectivity index (χ3n) is 2.24. The fraction of sp³-hybridized carbons (Fsp3) is 0.100. The number of rotatable bonds is 3. The second-order valence-electron chi connectivity index (χ2n) is 3.35. The largest absolute Gasteiger partial charge is 0.325 e. The van der Waals surface area contributed by atoms with Gasteiger partial charge in [-0.15, -0.1) is 0 Å². The van der Waals surface area contributed by atoms with E-state index in [0.29, 0.717) is 17.9 Å². The number of nitrogens with zero attached hydrogens (tertiary/aromatic N) is 3. The zero-order chi connectivity index (χ0) is 12.4. The smallest absolute Gasteiger partial charge is 0.290 e. The Balaban J connectivity index is 2.46. The highest BCUT2D eigenvalue weighted by atomic mass is 35.5. The van der Waals surface area contributed by atoms with E-state index in [1.807, 2.05) is 0 Å². The molecule has 0 aliphatic carbocycles. The minimum atomic E-state index is -0.529. The van der Waals surface area contributed by atoms with E-state index < -0.39 is 4.92 Å². The summed E-state index contributed by atoms with van der Waals surface area (Å²) in [6, 6.07) is 6.25. The fourth-order valence-corrected chi connectivity index (χ4v) is 1.58. The molecule has 0 aliphatic rings. The van der Waals surface area contributed by atoms with Crippen LogP contribution in [0.4, 0.5) is 5.69 Å². The number of hydrogen-bond donors (Lipinski definition) is 1. The highest BCUT2D eigenvalue weighted by Gasteiger charge is 2.13. The lowest BCUT2D eigenvalue weighted by atomic mass is 10.3. The zero-order valence-corrected chi connectivity index (χ0v) is 9.46. The Bertz CT molecular complexity index is 567. The van der Waals surface area contributed by atoms with Crippen molar-refractivity contribution < 1.29 is 4.92 Å². The van der Waals surface area contributed by atoms with Crippen LogP contribution in [0.1, 0.15) is 5.69 Å². The van der Waals surface area contributed by atoms with E-state index in [-0.39, 0.29) is 10.7 Å². The van der Waals surface area contributed by atoms with Crippen molar-refractivity contribution in [2.24, 2.45) is 5.73 Å². The summed E-state index contributed by atoms with van der Waals surface area (Å²) in [5.41, 5.74) is 6.57. The lowest BCUT2D eigenvalue weighted by Gasteiger charge is -2.02. The summed E-state index contributed by atoms with van der Waals surface area (Å²) in [6.45, 7) is 0.322. The molecule has 88 valence electrons. The molecule has 0 spiro atoms. The maximum absolute atomic E-state index is 10.7. The lowest BCUT2D eigenvalue weighted by molar-refractivity contribution is -0.384. The minimum absolute atomic E-state index is 0.102. The van der Waals surface area contributed by atoms with Gasteiger partial charge in [0.25, 0.3) is 5.69 Å². The number of halogens is 1. The second kappa shape index (κ2) is 4.52. The molecule has 17 heavy (non-hydrogen) atoms. The van der Waals surface area contributed by atoms with Crippen molar-refractivity contribution in [2.75, 3.05) is 0 Å². The molecule has 0 saturated carbocycles. The topological polar surface area (TPSA) is 87.0 Å². The lowest BCUT2D eigenvalue weighted by Crippen LogP contribution is -2.01. The highest BCUT2D eigenvalue weighted by molar-refractivity contribution is 6.32. The molecule has 0 fully saturated rings. The summed E-state index contributed by atoms with van der Waals surface area (Å²) in [5.74, 6) is 0. The third kappa shape index (κ3) is 2.27. The van der Waals surface area contributed by atoms with Crippen LogP contribution >= 0.6 is 11.6 Å². The maximum atomic E-state index is 10.7. The van der Waals surface area contributed by atoms with Gasteiger partial charge in [0, 0.05) is 18.8 Å². The van der Waals surface area contributed by atoms with Crippen LogP contribution in [0.3, 0.4) is 0 Å². The molecule has 1 aromatic carbocycles. The molecular weight excluding hydrogens is 244 g/mol. The molecule has 2 N–H and O–H groups in total. The van der Waals surface area contributed by atoms with Crippen LogP contribution in [0.25, 0.3) is 5.69 Å². The van der Waals surface area contributed by atoms with Crippen molar-refractivity contribution in [3.05, 3.63) is 51.3 Å². The molecule has 1 aromatic heterocycles. The molecule has 0 saturated heterocycles. The predicted molar refractivity (Wildman–Crippen MR) is 63.1 cm³/mol. The summed E-state index contributed by atoms with van der Waals surface area (Å²) in [5, 5.41) is 15.0. The van der Waals surface area contributed by atoms with Gasteiger partial charge in [0.2, 0.25) is 0 Å². The Labute approximate surface area is 102 Å². The Morgan fingerprint density at radius 1 is 1.47 bits per heavy atom. The number of hydrogen-bond acceptors (Lipinski definition) is 4. The van der Waals surface area contributed by atoms with E-state index >= 15 is 0 Å². The van der Waals surface area contributed by atoms with E-state index in [9.17, 15) is 10.1 Å². The van der Waals surface area contributed by atoms with Gasteiger partial charge in [-0.3, -0.25) is 10.1 Å². The van der Waals surface area contributed by atoms with Gasteiger partial charge in [0.05, 0.1) is 16.3 Å².